The van der Waals surface area contributed by atoms with Crippen LogP contribution in [-0.2, 0) is 0 Å². The van der Waals surface area contributed by atoms with Crippen LogP contribution in [0.1, 0.15) is 92.4 Å². The fourth-order valence-electron chi connectivity index (χ4n) is 9.96. The molecule has 1 heterocycles. The molecule has 35 heavy (non-hydrogen) atoms. The molecule has 5 rings (SSSR count). The molecule has 5 aliphatic rings. The average Bonchev–Trinajstić information content (AvgIpc) is 3.33. The van der Waals surface area contributed by atoms with E-state index in [2.05, 4.69) is 59.7 Å². The van der Waals surface area contributed by atoms with E-state index in [0.29, 0.717) is 47.6 Å². The molecule has 0 bridgehead atoms. The Hall–Kier alpha value is -1.13. The van der Waals surface area contributed by atoms with Crippen LogP contribution in [0.4, 0.5) is 0 Å². The molecule has 4 aliphatic carbocycles. The standard InChI is InChI=1S/C31H50N2O2/c1-19(2)21-14-17-33(35)28(21)18-20(3)23-10-11-24-22-8-9-26-29(34)27(32(6)7)13-16-31(26,5)25(22)12-15-30(23,24)4/h8,20,23-27,29,34H,9-18H2,1-7H3/t20-,23-,24+,25+,26+,27+,29-,30-,31-/m1/s1. The third-order valence-electron chi connectivity index (χ3n) is 11.9. The molecule has 0 amide bonds. The van der Waals surface area contributed by atoms with Gasteiger partial charge in [0.25, 0.3) is 0 Å². The van der Waals surface area contributed by atoms with Crippen molar-refractivity contribution in [2.24, 2.45) is 40.4 Å². The maximum Gasteiger partial charge on any atom is 0.190 e. The van der Waals surface area contributed by atoms with Gasteiger partial charge in [-0.2, -0.15) is 0 Å². The third kappa shape index (κ3) is 3.88. The van der Waals surface area contributed by atoms with Crippen LogP contribution in [0.25, 0.3) is 0 Å². The summed E-state index contributed by atoms with van der Waals surface area (Å²) < 4.78 is 1.30. The van der Waals surface area contributed by atoms with Crippen molar-refractivity contribution in [1.82, 2.24) is 4.90 Å². The van der Waals surface area contributed by atoms with Crippen LogP contribution in [-0.4, -0.2) is 53.2 Å². The highest BCUT2D eigenvalue weighted by Crippen LogP contribution is 2.67. The molecule has 3 saturated carbocycles. The minimum Gasteiger partial charge on any atom is -0.624 e. The zero-order valence-corrected chi connectivity index (χ0v) is 23.4. The molecule has 0 spiro atoms. The molecule has 0 aromatic rings. The van der Waals surface area contributed by atoms with Crippen molar-refractivity contribution in [3.05, 3.63) is 28.0 Å². The van der Waals surface area contributed by atoms with E-state index in [1.807, 2.05) is 0 Å². The molecule has 1 N–H and O–H groups in total. The van der Waals surface area contributed by atoms with Gasteiger partial charge in [-0.1, -0.05) is 38.0 Å². The van der Waals surface area contributed by atoms with Gasteiger partial charge in [-0.25, -0.2) is 4.74 Å². The Morgan fingerprint density at radius 3 is 2.49 bits per heavy atom. The highest BCUT2D eigenvalue weighted by molar-refractivity contribution is 5.98. The highest BCUT2D eigenvalue weighted by atomic mass is 16.5. The average molecular weight is 483 g/mol. The van der Waals surface area contributed by atoms with Gasteiger partial charge in [-0.05, 0) is 113 Å². The first-order valence-corrected chi connectivity index (χ1v) is 14.5. The molecule has 0 saturated heterocycles. The fourth-order valence-corrected chi connectivity index (χ4v) is 9.96. The summed E-state index contributed by atoms with van der Waals surface area (Å²) in [6.45, 7) is 12.5. The van der Waals surface area contributed by atoms with Gasteiger partial charge in [-0.15, -0.1) is 0 Å². The molecule has 9 atom stereocenters. The van der Waals surface area contributed by atoms with E-state index in [-0.39, 0.29) is 11.5 Å². The predicted molar refractivity (Wildman–Crippen MR) is 144 cm³/mol. The van der Waals surface area contributed by atoms with Crippen molar-refractivity contribution in [3.63, 3.8) is 0 Å². The van der Waals surface area contributed by atoms with Crippen LogP contribution in [0.15, 0.2) is 22.8 Å². The molecule has 0 aromatic carbocycles. The lowest BCUT2D eigenvalue weighted by molar-refractivity contribution is -0.449. The largest absolute Gasteiger partial charge is 0.624 e. The SMILES string of the molecule is CC(C)=C1CC[N+]([O-])=C1C[C@@H](C)[C@H]1CC[C@H]2C3=CC[C@H]4[C@@H](O)[C@@H](N(C)C)CC[C@]4(C)[C@H]3CC[C@]12C. The minimum atomic E-state index is -0.214. The number of fused-ring (bicyclic) bond motifs is 5. The molecule has 4 nitrogen and oxygen atoms in total. The van der Waals surface area contributed by atoms with Crippen LogP contribution in [0.5, 0.6) is 0 Å². The summed E-state index contributed by atoms with van der Waals surface area (Å²) in [5.41, 5.74) is 6.08. The smallest absolute Gasteiger partial charge is 0.190 e. The Bertz CT molecular complexity index is 944. The second-order valence-electron chi connectivity index (χ2n) is 13.9. The lowest BCUT2D eigenvalue weighted by Gasteiger charge is -2.59. The Morgan fingerprint density at radius 1 is 1.11 bits per heavy atom. The number of rotatable bonds is 4. The van der Waals surface area contributed by atoms with Crippen molar-refractivity contribution in [2.45, 2.75) is 105 Å². The van der Waals surface area contributed by atoms with Crippen LogP contribution in [0.2, 0.25) is 0 Å². The maximum absolute atomic E-state index is 12.7. The van der Waals surface area contributed by atoms with Gasteiger partial charge in [0, 0.05) is 24.5 Å². The van der Waals surface area contributed by atoms with Gasteiger partial charge in [0.1, 0.15) is 0 Å². The van der Waals surface area contributed by atoms with E-state index in [1.54, 1.807) is 5.57 Å². The van der Waals surface area contributed by atoms with Crippen molar-refractivity contribution >= 4 is 5.71 Å². The van der Waals surface area contributed by atoms with Crippen molar-refractivity contribution in [1.29, 1.82) is 0 Å². The highest BCUT2D eigenvalue weighted by Gasteiger charge is 2.60. The topological polar surface area (TPSA) is 49.5 Å². The first-order chi connectivity index (χ1) is 16.5. The second kappa shape index (κ2) is 9.01. The number of likely N-dealkylation sites (N-methyl/N-ethyl adjacent to an activating group) is 1. The number of hydrogen-bond acceptors (Lipinski definition) is 3. The molecule has 0 radical (unpaired) electrons. The molecule has 1 aliphatic heterocycles. The Labute approximate surface area is 214 Å². The second-order valence-corrected chi connectivity index (χ2v) is 13.9. The lowest BCUT2D eigenvalue weighted by atomic mass is 9.47. The normalized spacial score (nSPS) is 44.1. The van der Waals surface area contributed by atoms with E-state index in [0.717, 1.165) is 31.4 Å². The van der Waals surface area contributed by atoms with Gasteiger partial charge < -0.3 is 15.2 Å². The molecule has 0 aromatic heterocycles. The summed E-state index contributed by atoms with van der Waals surface area (Å²) in [4.78, 5) is 2.25. The zero-order chi connectivity index (χ0) is 25.3. The Kier molecular flexibility index (Phi) is 6.57. The first-order valence-electron chi connectivity index (χ1n) is 14.5. The molecule has 4 heteroatoms. The predicted octanol–water partition coefficient (Wildman–Crippen LogP) is 6.18. The quantitative estimate of drug-likeness (QED) is 0.295. The van der Waals surface area contributed by atoms with E-state index < -0.39 is 0 Å². The molecular weight excluding hydrogens is 432 g/mol. The number of aliphatic hydroxyl groups is 1. The molecule has 196 valence electrons. The number of hydrogen-bond donors (Lipinski definition) is 1. The van der Waals surface area contributed by atoms with Crippen molar-refractivity contribution in [3.8, 4) is 0 Å². The summed E-state index contributed by atoms with van der Waals surface area (Å²) in [5.74, 6) is 2.96. The Balaban J connectivity index is 1.37. The number of hydroxylamine groups is 1. The van der Waals surface area contributed by atoms with Gasteiger partial charge >= 0.3 is 0 Å². The molecular formula is C31H50N2O2. The van der Waals surface area contributed by atoms with Crippen molar-refractivity contribution in [2.75, 3.05) is 20.6 Å². The molecule has 3 fully saturated rings. The zero-order valence-electron chi connectivity index (χ0n) is 23.4. The van der Waals surface area contributed by atoms with Gasteiger partial charge in [-0.3, -0.25) is 0 Å². The summed E-state index contributed by atoms with van der Waals surface area (Å²) in [5, 5.41) is 24.0. The Morgan fingerprint density at radius 2 is 1.80 bits per heavy atom. The summed E-state index contributed by atoms with van der Waals surface area (Å²) in [6.07, 6.45) is 12.8. The fraction of sp³-hybridized carbons (Fsp3) is 0.839. The van der Waals surface area contributed by atoms with E-state index in [1.165, 1.54) is 48.0 Å². The van der Waals surface area contributed by atoms with E-state index in [9.17, 15) is 10.3 Å². The maximum atomic E-state index is 12.7. The number of nitrogens with zero attached hydrogens (tertiary/aromatic N) is 2. The molecule has 0 unspecified atom stereocenters. The first kappa shape index (κ1) is 25.5. The lowest BCUT2D eigenvalue weighted by Crippen LogP contribution is -2.57. The van der Waals surface area contributed by atoms with E-state index in [4.69, 9.17) is 0 Å². The summed E-state index contributed by atoms with van der Waals surface area (Å²) in [6, 6.07) is 0.299. The van der Waals surface area contributed by atoms with Crippen LogP contribution in [0, 0.1) is 45.6 Å². The number of aliphatic hydroxyl groups excluding tert-OH is 1. The van der Waals surface area contributed by atoms with Gasteiger partial charge in [0.05, 0.1) is 6.10 Å². The van der Waals surface area contributed by atoms with Crippen LogP contribution < -0.4 is 0 Å². The monoisotopic (exact) mass is 482 g/mol. The van der Waals surface area contributed by atoms with Gasteiger partial charge in [0.2, 0.25) is 0 Å². The van der Waals surface area contributed by atoms with E-state index >= 15 is 0 Å². The minimum absolute atomic E-state index is 0.214. The summed E-state index contributed by atoms with van der Waals surface area (Å²) >= 11 is 0. The summed E-state index contributed by atoms with van der Waals surface area (Å²) in [7, 11) is 4.26. The van der Waals surface area contributed by atoms with Crippen molar-refractivity contribution < 1.29 is 9.85 Å². The van der Waals surface area contributed by atoms with Gasteiger partial charge in [0.15, 0.2) is 12.3 Å². The third-order valence-corrected chi connectivity index (χ3v) is 11.9. The number of allylic oxidation sites excluding steroid dienone is 3. The van der Waals surface area contributed by atoms with Crippen LogP contribution in [0.3, 0.4) is 0 Å². The van der Waals surface area contributed by atoms with Crippen LogP contribution >= 0.6 is 0 Å².